The molecule has 0 bridgehead atoms. The van der Waals surface area contributed by atoms with E-state index in [1.165, 1.54) is 33.4 Å². The Morgan fingerprint density at radius 2 is 0.677 bits per heavy atom. The smallest absolute Gasteiger partial charge is 0.00401 e. The van der Waals surface area contributed by atoms with Crippen LogP contribution in [0, 0.1) is 27.7 Å². The van der Waals surface area contributed by atoms with E-state index in [0.29, 0.717) is 0 Å². The number of hydrogen-bond acceptors (Lipinski definition) is 1. The van der Waals surface area contributed by atoms with E-state index in [2.05, 4.69) is 101 Å². The van der Waals surface area contributed by atoms with Gasteiger partial charge < -0.3 is 0 Å². The third-order valence-corrected chi connectivity index (χ3v) is 4.71. The fraction of sp³-hybridized carbons (Fsp3) is 0.200. The number of benzene rings is 4. The van der Waals surface area contributed by atoms with Gasteiger partial charge >= 0.3 is 0 Å². The second kappa shape index (κ2) is 15.1. The van der Waals surface area contributed by atoms with Gasteiger partial charge in [-0.1, -0.05) is 127 Å². The first kappa shape index (κ1) is 26.3. The highest BCUT2D eigenvalue weighted by Gasteiger charge is 1.95. The summed E-state index contributed by atoms with van der Waals surface area (Å²) in [6.45, 7) is 12.4. The molecule has 0 nitrogen and oxygen atoms in total. The zero-order valence-corrected chi connectivity index (χ0v) is 20.7. The molecule has 0 saturated carbocycles. The summed E-state index contributed by atoms with van der Waals surface area (Å²) in [5, 5.41) is 0. The molecule has 0 radical (unpaired) electrons. The number of aryl methyl sites for hydroxylation is 4. The van der Waals surface area contributed by atoms with Gasteiger partial charge in [0.05, 0.1) is 0 Å². The first-order valence-electron chi connectivity index (χ1n) is 10.8. The van der Waals surface area contributed by atoms with Crippen LogP contribution in [-0.4, -0.2) is 0 Å². The Labute approximate surface area is 195 Å². The Morgan fingerprint density at radius 3 is 0.935 bits per heavy atom. The summed E-state index contributed by atoms with van der Waals surface area (Å²) in [6.07, 6.45) is 0. The average Bonchev–Trinajstić information content (AvgIpc) is 2.80. The van der Waals surface area contributed by atoms with Crippen LogP contribution >= 0.6 is 12.6 Å². The van der Waals surface area contributed by atoms with E-state index in [0.717, 1.165) is 4.90 Å². The molecule has 31 heavy (non-hydrogen) atoms. The molecule has 1 heteroatoms. The topological polar surface area (TPSA) is 0 Å². The summed E-state index contributed by atoms with van der Waals surface area (Å²) in [5.74, 6) is 0. The van der Waals surface area contributed by atoms with Crippen LogP contribution in [0.5, 0.6) is 0 Å². The maximum Gasteiger partial charge on any atom is 0.00401 e. The van der Waals surface area contributed by atoms with Gasteiger partial charge in [0.1, 0.15) is 0 Å². The zero-order valence-electron chi connectivity index (χ0n) is 19.8. The van der Waals surface area contributed by atoms with E-state index in [4.69, 9.17) is 0 Å². The van der Waals surface area contributed by atoms with Crippen LogP contribution in [0.15, 0.2) is 108 Å². The second-order valence-electron chi connectivity index (χ2n) is 7.22. The minimum absolute atomic E-state index is 1.02. The van der Waals surface area contributed by atoms with Crippen LogP contribution in [0.1, 0.15) is 36.1 Å². The van der Waals surface area contributed by atoms with Crippen molar-refractivity contribution in [3.8, 4) is 11.1 Å². The van der Waals surface area contributed by atoms with E-state index in [-0.39, 0.29) is 0 Å². The lowest BCUT2D eigenvalue weighted by atomic mass is 10.0. The molecule has 0 aliphatic carbocycles. The molecule has 0 fully saturated rings. The van der Waals surface area contributed by atoms with Crippen LogP contribution in [-0.2, 0) is 0 Å². The molecule has 0 atom stereocenters. The summed E-state index contributed by atoms with van der Waals surface area (Å²) in [4.78, 5) is 1.02. The van der Waals surface area contributed by atoms with Crippen LogP contribution < -0.4 is 0 Å². The zero-order chi connectivity index (χ0) is 23.1. The molecular weight excluding hydrogens is 392 g/mol. The summed E-state index contributed by atoms with van der Waals surface area (Å²) in [5.41, 5.74) is 7.79. The monoisotopic (exact) mass is 428 g/mol. The van der Waals surface area contributed by atoms with E-state index in [1.807, 2.05) is 56.3 Å². The standard InChI is InChI=1S/C14H14.C7H8S.C7H8.C2H6/c1-11-3-7-13(8-4-11)14-9-5-12(2)6-10-14;1-6-2-4-7(8)5-3-6;1-7-5-3-2-4-6-7;1-2/h3-10H,1-2H3;2-5,8H,1H3;2-6H,1H3;1-2H3. The van der Waals surface area contributed by atoms with Crippen LogP contribution in [0.4, 0.5) is 0 Å². The fourth-order valence-electron chi connectivity index (χ4n) is 2.57. The van der Waals surface area contributed by atoms with Crippen molar-refractivity contribution in [2.45, 2.75) is 46.4 Å². The Kier molecular flexibility index (Phi) is 12.8. The molecule has 4 rings (SSSR count). The van der Waals surface area contributed by atoms with Gasteiger partial charge in [0.25, 0.3) is 0 Å². The lowest BCUT2D eigenvalue weighted by Gasteiger charge is -2.02. The maximum absolute atomic E-state index is 4.13. The summed E-state index contributed by atoms with van der Waals surface area (Å²) in [7, 11) is 0. The Bertz CT molecular complexity index is 887. The third-order valence-electron chi connectivity index (χ3n) is 4.41. The van der Waals surface area contributed by atoms with Crippen LogP contribution in [0.25, 0.3) is 11.1 Å². The highest BCUT2D eigenvalue weighted by molar-refractivity contribution is 7.80. The number of rotatable bonds is 1. The van der Waals surface area contributed by atoms with E-state index >= 15 is 0 Å². The van der Waals surface area contributed by atoms with Gasteiger partial charge in [-0.25, -0.2) is 0 Å². The second-order valence-corrected chi connectivity index (χ2v) is 7.74. The lowest BCUT2D eigenvalue weighted by molar-refractivity contribution is 1.39. The molecule has 0 heterocycles. The Morgan fingerprint density at radius 1 is 0.387 bits per heavy atom. The number of hydrogen-bond donors (Lipinski definition) is 1. The van der Waals surface area contributed by atoms with Crippen molar-refractivity contribution in [3.63, 3.8) is 0 Å². The van der Waals surface area contributed by atoms with Gasteiger partial charge in [0.2, 0.25) is 0 Å². The fourth-order valence-corrected chi connectivity index (χ4v) is 2.72. The van der Waals surface area contributed by atoms with Crippen molar-refractivity contribution in [1.29, 1.82) is 0 Å². The van der Waals surface area contributed by atoms with Crippen LogP contribution in [0.2, 0.25) is 0 Å². The van der Waals surface area contributed by atoms with Crippen molar-refractivity contribution in [2.75, 3.05) is 0 Å². The normalized spacial score (nSPS) is 9.13. The minimum Gasteiger partial charge on any atom is -0.143 e. The molecule has 0 amide bonds. The number of thiol groups is 1. The molecule has 0 spiro atoms. The molecule has 0 aliphatic heterocycles. The van der Waals surface area contributed by atoms with Crippen molar-refractivity contribution in [2.24, 2.45) is 0 Å². The van der Waals surface area contributed by atoms with Gasteiger partial charge in [0.15, 0.2) is 0 Å². The van der Waals surface area contributed by atoms with Crippen molar-refractivity contribution in [1.82, 2.24) is 0 Å². The maximum atomic E-state index is 4.13. The molecule has 0 aliphatic rings. The highest BCUT2D eigenvalue weighted by atomic mass is 32.1. The van der Waals surface area contributed by atoms with Gasteiger partial charge in [-0.2, -0.15) is 0 Å². The Balaban J connectivity index is 0.000000241. The van der Waals surface area contributed by atoms with Gasteiger partial charge in [-0.15, -0.1) is 12.6 Å². The van der Waals surface area contributed by atoms with Crippen molar-refractivity contribution in [3.05, 3.63) is 125 Å². The van der Waals surface area contributed by atoms with Gasteiger partial charge in [-0.3, -0.25) is 0 Å². The quantitative estimate of drug-likeness (QED) is 0.287. The van der Waals surface area contributed by atoms with Crippen molar-refractivity contribution >= 4 is 12.6 Å². The van der Waals surface area contributed by atoms with E-state index in [9.17, 15) is 0 Å². The lowest BCUT2D eigenvalue weighted by Crippen LogP contribution is -1.78. The molecule has 0 unspecified atom stereocenters. The summed E-state index contributed by atoms with van der Waals surface area (Å²) >= 11 is 4.13. The molecular formula is C30H36S. The summed E-state index contributed by atoms with van der Waals surface area (Å²) < 4.78 is 0. The van der Waals surface area contributed by atoms with Gasteiger partial charge in [0, 0.05) is 4.90 Å². The first-order chi connectivity index (χ1) is 14.9. The van der Waals surface area contributed by atoms with Gasteiger partial charge in [-0.05, 0) is 51.0 Å². The van der Waals surface area contributed by atoms with Crippen LogP contribution in [0.3, 0.4) is 0 Å². The van der Waals surface area contributed by atoms with E-state index in [1.54, 1.807) is 0 Å². The largest absolute Gasteiger partial charge is 0.143 e. The minimum atomic E-state index is 1.02. The summed E-state index contributed by atoms with van der Waals surface area (Å²) in [6, 6.07) is 35.6. The molecule has 4 aromatic carbocycles. The van der Waals surface area contributed by atoms with E-state index < -0.39 is 0 Å². The van der Waals surface area contributed by atoms with Crippen molar-refractivity contribution < 1.29 is 0 Å². The Hall–Kier alpha value is -2.77. The predicted molar refractivity (Wildman–Crippen MR) is 142 cm³/mol. The third kappa shape index (κ3) is 11.3. The SMILES string of the molecule is CC.Cc1ccc(-c2ccc(C)cc2)cc1.Cc1ccc(S)cc1.Cc1ccccc1. The molecule has 0 aromatic heterocycles. The predicted octanol–water partition coefficient (Wildman–Crippen LogP) is 9.28. The molecule has 4 aromatic rings. The molecule has 162 valence electrons. The molecule has 0 N–H and O–H groups in total. The average molecular weight is 429 g/mol. The molecule has 0 saturated heterocycles. The first-order valence-corrected chi connectivity index (χ1v) is 11.3. The highest BCUT2D eigenvalue weighted by Crippen LogP contribution is 2.19.